The first kappa shape index (κ1) is 26.7. The molecule has 1 amide bonds. The number of carbonyl (C=O) groups is 2. The number of halogens is 3. The highest BCUT2D eigenvalue weighted by atomic mass is 35.5. The van der Waals surface area contributed by atoms with Crippen LogP contribution in [-0.2, 0) is 22.7 Å². The molecule has 0 radical (unpaired) electrons. The van der Waals surface area contributed by atoms with Crippen LogP contribution in [0, 0.1) is 18.2 Å². The summed E-state index contributed by atoms with van der Waals surface area (Å²) in [5.41, 5.74) is 2.60. The second-order valence-corrected chi connectivity index (χ2v) is 8.58. The summed E-state index contributed by atoms with van der Waals surface area (Å²) in [5, 5.41) is 10.6. The third-order valence-corrected chi connectivity index (χ3v) is 5.62. The Hall–Kier alpha value is -3.85. The number of carbonyl (C=O) groups excluding carboxylic acids is 2. The smallest absolute Gasteiger partial charge is 0.220 e. The van der Waals surface area contributed by atoms with Gasteiger partial charge in [0.05, 0.1) is 17.8 Å². The van der Waals surface area contributed by atoms with Crippen molar-refractivity contribution < 1.29 is 23.1 Å². The minimum atomic E-state index is -0.743. The summed E-state index contributed by atoms with van der Waals surface area (Å²) in [4.78, 5) is 29.5. The van der Waals surface area contributed by atoms with E-state index in [0.717, 1.165) is 12.3 Å². The number of nitrogens with zero attached hydrogens (tertiary/aromatic N) is 2. The molecule has 0 aliphatic rings. The summed E-state index contributed by atoms with van der Waals surface area (Å²) in [6.07, 6.45) is 1.66. The second kappa shape index (κ2) is 11.7. The van der Waals surface area contributed by atoms with E-state index in [1.165, 1.54) is 24.8 Å². The Kier molecular flexibility index (Phi) is 8.71. The van der Waals surface area contributed by atoms with Crippen molar-refractivity contribution >= 4 is 46.1 Å². The molecule has 36 heavy (non-hydrogen) atoms. The molecule has 1 aromatic heterocycles. The normalized spacial score (nSPS) is 11.3. The summed E-state index contributed by atoms with van der Waals surface area (Å²) in [7, 11) is 0. The largest absolute Gasteiger partial charge is 0.487 e. The van der Waals surface area contributed by atoms with Crippen LogP contribution in [0.25, 0.3) is 10.9 Å². The number of anilines is 1. The van der Waals surface area contributed by atoms with E-state index in [1.54, 1.807) is 31.2 Å². The molecule has 2 N–H and O–H groups in total. The number of rotatable bonds is 10. The van der Waals surface area contributed by atoms with Gasteiger partial charge in [0.25, 0.3) is 0 Å². The number of Topliss-reactive ketones (excluding diaryl/α,β-unsaturated/α-hetero) is 1. The van der Waals surface area contributed by atoms with E-state index >= 15 is 0 Å². The lowest BCUT2D eigenvalue weighted by Crippen LogP contribution is -2.33. The third kappa shape index (κ3) is 6.63. The van der Waals surface area contributed by atoms with Crippen molar-refractivity contribution in [2.75, 3.05) is 11.9 Å². The van der Waals surface area contributed by atoms with Crippen LogP contribution >= 0.6 is 11.6 Å². The van der Waals surface area contributed by atoms with Crippen LogP contribution in [0.1, 0.15) is 30.7 Å². The highest BCUT2D eigenvalue weighted by molar-refractivity contribution is 6.31. The van der Waals surface area contributed by atoms with Gasteiger partial charge in [0.1, 0.15) is 29.5 Å². The molecule has 188 valence electrons. The molecule has 10 heteroatoms. The van der Waals surface area contributed by atoms with Gasteiger partial charge < -0.3 is 20.4 Å². The highest BCUT2D eigenvalue weighted by Gasteiger charge is 2.18. The highest BCUT2D eigenvalue weighted by Crippen LogP contribution is 2.32. The lowest BCUT2D eigenvalue weighted by Gasteiger charge is -2.22. The summed E-state index contributed by atoms with van der Waals surface area (Å²) >= 11 is 6.35. The first-order valence-electron chi connectivity index (χ1n) is 11.0. The van der Waals surface area contributed by atoms with Gasteiger partial charge in [-0.15, -0.1) is 0 Å². The SMILES string of the molecule is CC(=O)CN(Cc1cc(F)cc(Cl)c1COc1cccc2c(N/C=C(/F)C=N)cc(C)nc12)C(C)=O. The number of ketones is 1. The van der Waals surface area contributed by atoms with Crippen LogP contribution in [0.15, 0.2) is 48.4 Å². The Balaban J connectivity index is 1.96. The molecule has 0 atom stereocenters. The van der Waals surface area contributed by atoms with Gasteiger partial charge in [-0.1, -0.05) is 23.7 Å². The van der Waals surface area contributed by atoms with E-state index in [0.29, 0.717) is 45.4 Å². The van der Waals surface area contributed by atoms with Gasteiger partial charge >= 0.3 is 0 Å². The Morgan fingerprint density at radius 1 is 1.25 bits per heavy atom. The number of pyridine rings is 1. The number of hydrogen-bond acceptors (Lipinski definition) is 6. The van der Waals surface area contributed by atoms with Crippen molar-refractivity contribution in [2.24, 2.45) is 0 Å². The molecule has 0 saturated carbocycles. The summed E-state index contributed by atoms with van der Waals surface area (Å²) < 4.78 is 33.7. The van der Waals surface area contributed by atoms with Crippen LogP contribution in [-0.4, -0.2) is 34.3 Å². The first-order valence-corrected chi connectivity index (χ1v) is 11.3. The van der Waals surface area contributed by atoms with Crippen molar-refractivity contribution in [1.29, 1.82) is 5.41 Å². The van der Waals surface area contributed by atoms with Crippen LogP contribution in [0.4, 0.5) is 14.5 Å². The fourth-order valence-electron chi connectivity index (χ4n) is 3.64. The molecule has 7 nitrogen and oxygen atoms in total. The van der Waals surface area contributed by atoms with Crippen LogP contribution in [0.3, 0.4) is 0 Å². The van der Waals surface area contributed by atoms with Gasteiger partial charge in [0.2, 0.25) is 5.91 Å². The van der Waals surface area contributed by atoms with Gasteiger partial charge in [-0.3, -0.25) is 9.59 Å². The minimum absolute atomic E-state index is 0.0169. The molecule has 0 aliphatic carbocycles. The number of para-hydroxylation sites is 1. The van der Waals surface area contributed by atoms with Crippen LogP contribution in [0.2, 0.25) is 5.02 Å². The van der Waals surface area contributed by atoms with E-state index in [9.17, 15) is 18.4 Å². The predicted molar refractivity (Wildman–Crippen MR) is 136 cm³/mol. The fourth-order valence-corrected chi connectivity index (χ4v) is 3.92. The third-order valence-electron chi connectivity index (χ3n) is 5.28. The Morgan fingerprint density at radius 3 is 2.67 bits per heavy atom. The number of ether oxygens (including phenoxy) is 1. The predicted octanol–water partition coefficient (Wildman–Crippen LogP) is 5.72. The number of fused-ring (bicyclic) bond motifs is 1. The zero-order chi connectivity index (χ0) is 26.4. The van der Waals surface area contributed by atoms with Gasteiger partial charge in [0, 0.05) is 42.0 Å². The number of nitrogens with one attached hydrogen (secondary N) is 2. The molecule has 2 aromatic carbocycles. The fraction of sp³-hybridized carbons (Fsp3) is 0.231. The van der Waals surface area contributed by atoms with Gasteiger partial charge in [-0.2, -0.15) is 0 Å². The Morgan fingerprint density at radius 2 is 2.00 bits per heavy atom. The zero-order valence-electron chi connectivity index (χ0n) is 20.0. The maximum Gasteiger partial charge on any atom is 0.220 e. The van der Waals surface area contributed by atoms with Crippen LogP contribution in [0.5, 0.6) is 5.75 Å². The maximum absolute atomic E-state index is 14.2. The topological polar surface area (TPSA) is 95.4 Å². The molecule has 0 fully saturated rings. The van der Waals surface area contributed by atoms with E-state index in [2.05, 4.69) is 10.3 Å². The average Bonchev–Trinajstić information content (AvgIpc) is 2.81. The Bertz CT molecular complexity index is 1360. The second-order valence-electron chi connectivity index (χ2n) is 8.17. The summed E-state index contributed by atoms with van der Waals surface area (Å²) in [6, 6.07) is 9.40. The van der Waals surface area contributed by atoms with Gasteiger partial charge in [0.15, 0.2) is 5.83 Å². The van der Waals surface area contributed by atoms with E-state index in [4.69, 9.17) is 21.7 Å². The van der Waals surface area contributed by atoms with E-state index in [1.807, 2.05) is 0 Å². The summed E-state index contributed by atoms with van der Waals surface area (Å²) in [6.45, 7) is 4.29. The molecule has 0 saturated heterocycles. The standard InChI is InChI=1S/C26H25ClF2N4O3/c1-15-7-24(31-11-20(29)10-30)21-5-4-6-25(26(21)32-15)36-14-22-18(8-19(28)9-23(22)27)13-33(17(3)35)12-16(2)34/h4-11,30H,12-14H2,1-3H3,(H,31,32)/b20-11+,30-10?. The van der Waals surface area contributed by atoms with Crippen molar-refractivity contribution in [1.82, 2.24) is 9.88 Å². The first-order chi connectivity index (χ1) is 17.1. The van der Waals surface area contributed by atoms with Gasteiger partial charge in [-0.05, 0) is 43.7 Å². The molecule has 0 unspecified atom stereocenters. The molecule has 0 spiro atoms. The average molecular weight is 515 g/mol. The molecule has 3 aromatic rings. The maximum atomic E-state index is 14.2. The van der Waals surface area contributed by atoms with E-state index in [-0.39, 0.29) is 36.4 Å². The number of aryl methyl sites for hydroxylation is 1. The van der Waals surface area contributed by atoms with Crippen molar-refractivity contribution in [3.05, 3.63) is 76.1 Å². The molecule has 3 rings (SSSR count). The summed E-state index contributed by atoms with van der Waals surface area (Å²) in [5.74, 6) is -1.45. The quantitative estimate of drug-likeness (QED) is 0.337. The van der Waals surface area contributed by atoms with E-state index < -0.39 is 11.6 Å². The molecule has 1 heterocycles. The van der Waals surface area contributed by atoms with Crippen molar-refractivity contribution in [2.45, 2.75) is 33.9 Å². The lowest BCUT2D eigenvalue weighted by molar-refractivity contribution is -0.133. The number of benzene rings is 2. The molecule has 0 bridgehead atoms. The Labute approximate surface area is 212 Å². The lowest BCUT2D eigenvalue weighted by atomic mass is 10.1. The van der Waals surface area contributed by atoms with Crippen molar-refractivity contribution in [3.63, 3.8) is 0 Å². The number of hydrogen-bond donors (Lipinski definition) is 2. The number of amides is 1. The monoisotopic (exact) mass is 514 g/mol. The molecular formula is C26H25ClF2N4O3. The number of aromatic nitrogens is 1. The molecule has 0 aliphatic heterocycles. The van der Waals surface area contributed by atoms with Crippen LogP contribution < -0.4 is 10.1 Å². The zero-order valence-corrected chi connectivity index (χ0v) is 20.7. The van der Waals surface area contributed by atoms with Gasteiger partial charge in [-0.25, -0.2) is 13.8 Å². The minimum Gasteiger partial charge on any atom is -0.487 e. The number of allylic oxidation sites excluding steroid dienone is 1. The molecular weight excluding hydrogens is 490 g/mol. The van der Waals surface area contributed by atoms with Crippen molar-refractivity contribution in [3.8, 4) is 5.75 Å².